The van der Waals surface area contributed by atoms with Crippen LogP contribution in [0.4, 0.5) is 0 Å². The van der Waals surface area contributed by atoms with E-state index < -0.39 is 5.91 Å². The topological polar surface area (TPSA) is 74.4 Å². The molecular weight excluding hydrogens is 232 g/mol. The Hall–Kier alpha value is -2.30. The lowest BCUT2D eigenvalue weighted by atomic mass is 10.0. The molecule has 0 atom stereocenters. The molecule has 2 aromatic rings. The van der Waals surface area contributed by atoms with Crippen LogP contribution in [-0.2, 0) is 11.2 Å². The van der Waals surface area contributed by atoms with Crippen LogP contribution in [0, 0.1) is 0 Å². The number of amides is 1. The van der Waals surface area contributed by atoms with Crippen LogP contribution in [0.5, 0.6) is 11.5 Å². The van der Waals surface area contributed by atoms with Crippen molar-refractivity contribution in [3.05, 3.63) is 30.1 Å². The van der Waals surface area contributed by atoms with Crippen molar-refractivity contribution in [3.63, 3.8) is 0 Å². The number of carbonyl (C=O) groups is 1. The fourth-order valence-corrected chi connectivity index (χ4v) is 2.00. The van der Waals surface area contributed by atoms with E-state index in [9.17, 15) is 4.79 Å². The second-order valence-electron chi connectivity index (χ2n) is 3.83. The highest BCUT2D eigenvalue weighted by molar-refractivity contribution is 5.93. The number of benzene rings is 1. The molecule has 1 heterocycles. The van der Waals surface area contributed by atoms with Crippen LogP contribution < -0.4 is 15.2 Å². The molecule has 2 N–H and O–H groups in total. The van der Waals surface area contributed by atoms with Crippen LogP contribution in [0.1, 0.15) is 5.56 Å². The fraction of sp³-hybridized carbons (Fsp3) is 0.231. The van der Waals surface area contributed by atoms with Gasteiger partial charge in [-0.25, -0.2) is 0 Å². The maximum atomic E-state index is 11.2. The van der Waals surface area contributed by atoms with Crippen molar-refractivity contribution in [2.45, 2.75) is 6.42 Å². The van der Waals surface area contributed by atoms with Crippen molar-refractivity contribution < 1.29 is 14.3 Å². The van der Waals surface area contributed by atoms with Gasteiger partial charge in [0.1, 0.15) is 0 Å². The minimum atomic E-state index is -0.417. The molecule has 1 aromatic carbocycles. The van der Waals surface area contributed by atoms with Gasteiger partial charge in [0.15, 0.2) is 11.5 Å². The molecule has 0 saturated heterocycles. The molecule has 0 fully saturated rings. The van der Waals surface area contributed by atoms with Gasteiger partial charge in [-0.3, -0.25) is 9.78 Å². The van der Waals surface area contributed by atoms with E-state index in [1.165, 1.54) is 7.11 Å². The van der Waals surface area contributed by atoms with Crippen LogP contribution in [0.3, 0.4) is 0 Å². The first-order chi connectivity index (χ1) is 8.67. The number of ether oxygens (including phenoxy) is 2. The number of hydrogen-bond acceptors (Lipinski definition) is 4. The maximum absolute atomic E-state index is 11.2. The number of primary amides is 1. The lowest BCUT2D eigenvalue weighted by Gasteiger charge is -2.14. The Bertz CT molecular complexity index is 596. The molecular formula is C13H14N2O3. The summed E-state index contributed by atoms with van der Waals surface area (Å²) in [5.74, 6) is 0.684. The predicted molar refractivity (Wildman–Crippen MR) is 67.7 cm³/mol. The van der Waals surface area contributed by atoms with E-state index in [1.807, 2.05) is 12.1 Å². The molecule has 2 rings (SSSR count). The van der Waals surface area contributed by atoms with Gasteiger partial charge in [0.2, 0.25) is 5.91 Å². The molecule has 0 radical (unpaired) electrons. The Morgan fingerprint density at radius 3 is 2.78 bits per heavy atom. The zero-order valence-corrected chi connectivity index (χ0v) is 10.3. The average Bonchev–Trinajstić information content (AvgIpc) is 2.37. The van der Waals surface area contributed by atoms with E-state index in [4.69, 9.17) is 15.2 Å². The summed E-state index contributed by atoms with van der Waals surface area (Å²) < 4.78 is 10.6. The number of pyridine rings is 1. The summed E-state index contributed by atoms with van der Waals surface area (Å²) in [4.78, 5) is 15.2. The van der Waals surface area contributed by atoms with E-state index in [1.54, 1.807) is 19.5 Å². The molecule has 18 heavy (non-hydrogen) atoms. The van der Waals surface area contributed by atoms with Gasteiger partial charge in [0.25, 0.3) is 0 Å². The van der Waals surface area contributed by atoms with Gasteiger partial charge in [-0.2, -0.15) is 0 Å². The Morgan fingerprint density at radius 2 is 2.17 bits per heavy atom. The first kappa shape index (κ1) is 12.2. The summed E-state index contributed by atoms with van der Waals surface area (Å²) in [6.07, 6.45) is 3.47. The molecule has 1 amide bonds. The standard InChI is InChI=1S/C13H14N2O3/c1-17-11-5-8-7-15-4-3-9(8)10(6-12(14)16)13(11)18-2/h3-5,7H,6H2,1-2H3,(H2,14,16). The lowest BCUT2D eigenvalue weighted by molar-refractivity contribution is -0.117. The molecule has 5 heteroatoms. The molecule has 0 bridgehead atoms. The Morgan fingerprint density at radius 1 is 1.39 bits per heavy atom. The van der Waals surface area contributed by atoms with E-state index in [0.717, 1.165) is 16.3 Å². The number of rotatable bonds is 4. The summed E-state index contributed by atoms with van der Waals surface area (Å²) in [7, 11) is 3.09. The van der Waals surface area contributed by atoms with E-state index in [-0.39, 0.29) is 6.42 Å². The van der Waals surface area contributed by atoms with Gasteiger partial charge < -0.3 is 15.2 Å². The Kier molecular flexibility index (Phi) is 3.32. The maximum Gasteiger partial charge on any atom is 0.222 e. The molecule has 94 valence electrons. The second kappa shape index (κ2) is 4.91. The Balaban J connectivity index is 2.77. The van der Waals surface area contributed by atoms with Crippen molar-refractivity contribution in [3.8, 4) is 11.5 Å². The molecule has 1 aromatic heterocycles. The predicted octanol–water partition coefficient (Wildman–Crippen LogP) is 1.28. The SMILES string of the molecule is COc1cc2cnccc2c(CC(N)=O)c1OC. The third kappa shape index (κ3) is 2.07. The summed E-state index contributed by atoms with van der Waals surface area (Å²) in [6.45, 7) is 0. The highest BCUT2D eigenvalue weighted by atomic mass is 16.5. The summed E-state index contributed by atoms with van der Waals surface area (Å²) in [5.41, 5.74) is 6.00. The van der Waals surface area contributed by atoms with Gasteiger partial charge >= 0.3 is 0 Å². The number of hydrogen-bond donors (Lipinski definition) is 1. The van der Waals surface area contributed by atoms with Crippen LogP contribution in [0.2, 0.25) is 0 Å². The van der Waals surface area contributed by atoms with Crippen LogP contribution in [0.15, 0.2) is 24.5 Å². The summed E-state index contributed by atoms with van der Waals surface area (Å²) in [6, 6.07) is 3.65. The van der Waals surface area contributed by atoms with Crippen molar-refractivity contribution in [2.75, 3.05) is 14.2 Å². The number of nitrogens with two attached hydrogens (primary N) is 1. The number of fused-ring (bicyclic) bond motifs is 1. The Labute approximate surface area is 105 Å². The smallest absolute Gasteiger partial charge is 0.222 e. The molecule has 5 nitrogen and oxygen atoms in total. The number of carbonyl (C=O) groups excluding carboxylic acids is 1. The van der Waals surface area contributed by atoms with Crippen molar-refractivity contribution in [1.82, 2.24) is 4.98 Å². The van der Waals surface area contributed by atoms with E-state index >= 15 is 0 Å². The highest BCUT2D eigenvalue weighted by Crippen LogP contribution is 2.37. The van der Waals surface area contributed by atoms with Crippen molar-refractivity contribution in [1.29, 1.82) is 0 Å². The minimum absolute atomic E-state index is 0.0981. The molecule has 0 spiro atoms. The van der Waals surface area contributed by atoms with Gasteiger partial charge in [-0.1, -0.05) is 0 Å². The highest BCUT2D eigenvalue weighted by Gasteiger charge is 2.16. The monoisotopic (exact) mass is 246 g/mol. The van der Waals surface area contributed by atoms with Crippen molar-refractivity contribution in [2.24, 2.45) is 5.73 Å². The van der Waals surface area contributed by atoms with Crippen LogP contribution in [0.25, 0.3) is 10.8 Å². The van der Waals surface area contributed by atoms with E-state index in [0.29, 0.717) is 11.5 Å². The zero-order valence-electron chi connectivity index (χ0n) is 10.3. The van der Waals surface area contributed by atoms with Gasteiger partial charge in [-0.15, -0.1) is 0 Å². The average molecular weight is 246 g/mol. The third-order valence-electron chi connectivity index (χ3n) is 2.74. The van der Waals surface area contributed by atoms with Gasteiger partial charge in [-0.05, 0) is 17.5 Å². The number of aromatic nitrogens is 1. The fourth-order valence-electron chi connectivity index (χ4n) is 2.00. The largest absolute Gasteiger partial charge is 0.493 e. The second-order valence-corrected chi connectivity index (χ2v) is 3.83. The minimum Gasteiger partial charge on any atom is -0.493 e. The first-order valence-corrected chi connectivity index (χ1v) is 5.43. The van der Waals surface area contributed by atoms with Crippen LogP contribution in [-0.4, -0.2) is 25.1 Å². The van der Waals surface area contributed by atoms with Crippen molar-refractivity contribution >= 4 is 16.7 Å². The molecule has 0 aliphatic rings. The lowest BCUT2D eigenvalue weighted by Crippen LogP contribution is -2.15. The van der Waals surface area contributed by atoms with Crippen LogP contribution >= 0.6 is 0 Å². The normalized spacial score (nSPS) is 10.3. The summed E-state index contributed by atoms with van der Waals surface area (Å²) >= 11 is 0. The van der Waals surface area contributed by atoms with Gasteiger partial charge in [0.05, 0.1) is 20.6 Å². The first-order valence-electron chi connectivity index (χ1n) is 5.43. The molecule has 0 aliphatic heterocycles. The molecule has 0 unspecified atom stereocenters. The molecule has 0 aliphatic carbocycles. The number of nitrogens with zero attached hydrogens (tertiary/aromatic N) is 1. The quantitative estimate of drug-likeness (QED) is 0.881. The third-order valence-corrected chi connectivity index (χ3v) is 2.74. The molecule has 0 saturated carbocycles. The zero-order chi connectivity index (χ0) is 13.1. The number of methoxy groups -OCH3 is 2. The van der Waals surface area contributed by atoms with E-state index in [2.05, 4.69) is 4.98 Å². The van der Waals surface area contributed by atoms with Gasteiger partial charge in [0, 0.05) is 23.3 Å². The summed E-state index contributed by atoms with van der Waals surface area (Å²) in [5, 5.41) is 1.77.